The van der Waals surface area contributed by atoms with Crippen molar-refractivity contribution in [2.75, 3.05) is 12.0 Å². The van der Waals surface area contributed by atoms with Gasteiger partial charge in [-0.15, -0.1) is 0 Å². The molecule has 1 aromatic rings. The number of aliphatic carboxylic acids is 1. The molecule has 0 aliphatic rings. The van der Waals surface area contributed by atoms with Gasteiger partial charge >= 0.3 is 5.97 Å². The molecular formula is C22H33N5O7S. The van der Waals surface area contributed by atoms with Gasteiger partial charge < -0.3 is 37.6 Å². The number of thioether (sulfide) groups is 1. The number of aliphatic hydroxyl groups is 1. The molecule has 0 saturated carbocycles. The van der Waals surface area contributed by atoms with E-state index in [1.807, 2.05) is 6.26 Å². The molecule has 13 heteroatoms. The van der Waals surface area contributed by atoms with Crippen molar-refractivity contribution < 1.29 is 34.2 Å². The summed E-state index contributed by atoms with van der Waals surface area (Å²) < 4.78 is 0. The van der Waals surface area contributed by atoms with E-state index >= 15 is 0 Å². The third-order valence-corrected chi connectivity index (χ3v) is 5.61. The Morgan fingerprint density at radius 2 is 1.57 bits per heavy atom. The maximum atomic E-state index is 12.8. The second-order valence-corrected chi connectivity index (χ2v) is 8.92. The van der Waals surface area contributed by atoms with E-state index in [2.05, 4.69) is 16.0 Å². The van der Waals surface area contributed by atoms with Gasteiger partial charge in [0.1, 0.15) is 18.1 Å². The number of benzene rings is 1. The van der Waals surface area contributed by atoms with Crippen LogP contribution in [0, 0.1) is 0 Å². The minimum Gasteiger partial charge on any atom is -0.480 e. The van der Waals surface area contributed by atoms with Crippen LogP contribution in [0.25, 0.3) is 0 Å². The zero-order valence-corrected chi connectivity index (χ0v) is 20.4. The number of amides is 4. The molecule has 1 rings (SSSR count). The molecule has 0 saturated heterocycles. The summed E-state index contributed by atoms with van der Waals surface area (Å²) in [6.07, 6.45) is 0.126. The van der Waals surface area contributed by atoms with Crippen LogP contribution in [0.4, 0.5) is 0 Å². The number of nitrogens with two attached hydrogens (primary N) is 2. The lowest BCUT2D eigenvalue weighted by Crippen LogP contribution is -2.60. The van der Waals surface area contributed by atoms with Gasteiger partial charge in [0.2, 0.25) is 23.6 Å². The van der Waals surface area contributed by atoms with E-state index in [1.165, 1.54) is 18.7 Å². The lowest BCUT2D eigenvalue weighted by atomic mass is 10.0. The molecule has 0 fully saturated rings. The molecule has 1 aromatic carbocycles. The van der Waals surface area contributed by atoms with E-state index < -0.39 is 66.3 Å². The summed E-state index contributed by atoms with van der Waals surface area (Å²) in [5.41, 5.74) is 11.6. The minimum atomic E-state index is -1.57. The van der Waals surface area contributed by atoms with Crippen LogP contribution in [-0.4, -0.2) is 82.1 Å². The van der Waals surface area contributed by atoms with Crippen molar-refractivity contribution in [3.05, 3.63) is 35.9 Å². The highest BCUT2D eigenvalue weighted by molar-refractivity contribution is 7.98. The normalized spacial score (nSPS) is 15.1. The van der Waals surface area contributed by atoms with Crippen molar-refractivity contribution in [3.8, 4) is 0 Å². The van der Waals surface area contributed by atoms with E-state index in [9.17, 15) is 34.2 Å². The lowest BCUT2D eigenvalue weighted by Gasteiger charge is -2.26. The molecule has 35 heavy (non-hydrogen) atoms. The number of primary amides is 1. The number of nitrogens with one attached hydrogen (secondary N) is 3. The standard InChI is InChI=1S/C22H33N5O7S/c1-12(28)18(21(32)26-16(22(33)34)10-13-6-4-3-5-7-13)27-20(31)15(11-17(24)29)25-19(30)14(23)8-9-35-2/h3-7,12,14-16,18,28H,8-11,23H2,1-2H3,(H2,24,29)(H,25,30)(H,26,32)(H,27,31)(H,33,34). The Morgan fingerprint density at radius 3 is 2.09 bits per heavy atom. The first-order valence-electron chi connectivity index (χ1n) is 10.8. The van der Waals surface area contributed by atoms with Gasteiger partial charge in [-0.25, -0.2) is 4.79 Å². The quantitative estimate of drug-likeness (QED) is 0.140. The van der Waals surface area contributed by atoms with Gasteiger partial charge in [-0.2, -0.15) is 11.8 Å². The van der Waals surface area contributed by atoms with Crippen molar-refractivity contribution in [2.24, 2.45) is 11.5 Å². The van der Waals surface area contributed by atoms with Crippen LogP contribution in [0.3, 0.4) is 0 Å². The second-order valence-electron chi connectivity index (χ2n) is 7.94. The van der Waals surface area contributed by atoms with Crippen LogP contribution in [0.15, 0.2) is 30.3 Å². The molecule has 5 unspecified atom stereocenters. The van der Waals surface area contributed by atoms with Gasteiger partial charge in [-0.1, -0.05) is 30.3 Å². The zero-order valence-electron chi connectivity index (χ0n) is 19.6. The molecule has 0 spiro atoms. The Kier molecular flexibility index (Phi) is 12.8. The largest absolute Gasteiger partial charge is 0.480 e. The molecule has 12 nitrogen and oxygen atoms in total. The number of hydrogen-bond donors (Lipinski definition) is 7. The summed E-state index contributed by atoms with van der Waals surface area (Å²) in [6.45, 7) is 1.22. The molecule has 5 atom stereocenters. The predicted octanol–water partition coefficient (Wildman–Crippen LogP) is -1.90. The Bertz CT molecular complexity index is 884. The summed E-state index contributed by atoms with van der Waals surface area (Å²) in [5.74, 6) is -4.22. The van der Waals surface area contributed by atoms with Gasteiger partial charge in [0.25, 0.3) is 0 Å². The molecule has 0 radical (unpaired) electrons. The highest BCUT2D eigenvalue weighted by Crippen LogP contribution is 2.06. The Morgan fingerprint density at radius 1 is 0.971 bits per heavy atom. The topological polar surface area (TPSA) is 214 Å². The molecule has 4 amide bonds. The Hall–Kier alpha value is -3.16. The van der Waals surface area contributed by atoms with Crippen LogP contribution >= 0.6 is 11.8 Å². The minimum absolute atomic E-state index is 0.0311. The summed E-state index contributed by atoms with van der Waals surface area (Å²) >= 11 is 1.48. The number of aliphatic hydroxyl groups excluding tert-OH is 1. The average molecular weight is 512 g/mol. The van der Waals surface area contributed by atoms with E-state index in [1.54, 1.807) is 30.3 Å². The first-order chi connectivity index (χ1) is 16.5. The van der Waals surface area contributed by atoms with Crippen LogP contribution in [0.2, 0.25) is 0 Å². The van der Waals surface area contributed by atoms with Crippen molar-refractivity contribution >= 4 is 41.4 Å². The van der Waals surface area contributed by atoms with Gasteiger partial charge in [0.05, 0.1) is 18.6 Å². The number of carbonyl (C=O) groups is 5. The maximum absolute atomic E-state index is 12.8. The number of rotatable bonds is 15. The van der Waals surface area contributed by atoms with Crippen molar-refractivity contribution in [1.82, 2.24) is 16.0 Å². The zero-order chi connectivity index (χ0) is 26.5. The molecule has 0 bridgehead atoms. The Labute approximate surface area is 207 Å². The molecule has 194 valence electrons. The van der Waals surface area contributed by atoms with Gasteiger partial charge in [0, 0.05) is 6.42 Å². The lowest BCUT2D eigenvalue weighted by molar-refractivity contribution is -0.143. The SMILES string of the molecule is CSCCC(N)C(=O)NC(CC(N)=O)C(=O)NC(C(=O)NC(Cc1ccccc1)C(=O)O)C(C)O. The van der Waals surface area contributed by atoms with Gasteiger partial charge in [-0.05, 0) is 30.9 Å². The number of carbonyl (C=O) groups excluding carboxylic acids is 4. The third-order valence-electron chi connectivity index (χ3n) is 4.97. The van der Waals surface area contributed by atoms with Crippen LogP contribution in [-0.2, 0) is 30.4 Å². The molecule has 9 N–H and O–H groups in total. The molecular weight excluding hydrogens is 478 g/mol. The summed E-state index contributed by atoms with van der Waals surface area (Å²) in [4.78, 5) is 61.0. The van der Waals surface area contributed by atoms with E-state index in [0.29, 0.717) is 17.7 Å². The van der Waals surface area contributed by atoms with Crippen LogP contribution in [0.1, 0.15) is 25.3 Å². The maximum Gasteiger partial charge on any atom is 0.326 e. The third kappa shape index (κ3) is 10.8. The smallest absolute Gasteiger partial charge is 0.326 e. The number of hydrogen-bond acceptors (Lipinski definition) is 8. The number of carboxylic acid groups (broad SMARTS) is 1. The molecule has 0 aliphatic heterocycles. The molecule has 0 heterocycles. The van der Waals surface area contributed by atoms with E-state index in [-0.39, 0.29) is 6.42 Å². The van der Waals surface area contributed by atoms with E-state index in [0.717, 1.165) is 0 Å². The first kappa shape index (κ1) is 29.9. The fourth-order valence-corrected chi connectivity index (χ4v) is 3.53. The molecule has 0 aromatic heterocycles. The predicted molar refractivity (Wildman–Crippen MR) is 130 cm³/mol. The number of carboxylic acids is 1. The highest BCUT2D eigenvalue weighted by atomic mass is 32.2. The van der Waals surface area contributed by atoms with Crippen molar-refractivity contribution in [2.45, 2.75) is 56.5 Å². The highest BCUT2D eigenvalue weighted by Gasteiger charge is 2.33. The second kappa shape index (κ2) is 15.0. The van der Waals surface area contributed by atoms with Crippen molar-refractivity contribution in [1.29, 1.82) is 0 Å². The fraction of sp³-hybridized carbons (Fsp3) is 0.500. The van der Waals surface area contributed by atoms with Crippen molar-refractivity contribution in [3.63, 3.8) is 0 Å². The summed E-state index contributed by atoms with van der Waals surface area (Å²) in [7, 11) is 0. The summed E-state index contributed by atoms with van der Waals surface area (Å²) in [6, 6.07) is 3.28. The molecule has 0 aliphatic carbocycles. The van der Waals surface area contributed by atoms with Gasteiger partial charge in [-0.3, -0.25) is 19.2 Å². The summed E-state index contributed by atoms with van der Waals surface area (Å²) in [5, 5.41) is 26.5. The Balaban J connectivity index is 2.94. The average Bonchev–Trinajstić information content (AvgIpc) is 2.79. The van der Waals surface area contributed by atoms with Crippen LogP contribution < -0.4 is 27.4 Å². The first-order valence-corrected chi connectivity index (χ1v) is 12.2. The fourth-order valence-electron chi connectivity index (χ4n) is 3.04. The van der Waals surface area contributed by atoms with Gasteiger partial charge in [0.15, 0.2) is 0 Å². The monoisotopic (exact) mass is 511 g/mol. The van der Waals surface area contributed by atoms with Crippen LogP contribution in [0.5, 0.6) is 0 Å². The van der Waals surface area contributed by atoms with E-state index in [4.69, 9.17) is 11.5 Å².